The monoisotopic (exact) mass is 241 g/mol. The molecule has 1 aliphatic rings. The minimum atomic E-state index is -0.707. The van der Waals surface area contributed by atoms with Crippen LogP contribution in [0.2, 0.25) is 0 Å². The SMILES string of the molecule is O=C(O)CCCCCCCCC(=O)NC1CC1. The zero-order valence-corrected chi connectivity index (χ0v) is 10.4. The number of amides is 1. The van der Waals surface area contributed by atoms with Crippen LogP contribution in [0.1, 0.15) is 64.2 Å². The first-order chi connectivity index (χ1) is 8.18. The van der Waals surface area contributed by atoms with E-state index in [4.69, 9.17) is 5.11 Å². The van der Waals surface area contributed by atoms with Crippen molar-refractivity contribution in [3.05, 3.63) is 0 Å². The highest BCUT2D eigenvalue weighted by atomic mass is 16.4. The molecule has 98 valence electrons. The van der Waals surface area contributed by atoms with E-state index in [1.54, 1.807) is 0 Å². The molecule has 0 aromatic rings. The molecule has 0 unspecified atom stereocenters. The summed E-state index contributed by atoms with van der Waals surface area (Å²) in [6.45, 7) is 0. The predicted molar refractivity (Wildman–Crippen MR) is 65.7 cm³/mol. The first-order valence-corrected chi connectivity index (χ1v) is 6.69. The number of hydrogen-bond donors (Lipinski definition) is 2. The van der Waals surface area contributed by atoms with E-state index in [-0.39, 0.29) is 12.3 Å². The standard InChI is InChI=1S/C13H23NO3/c15-12(14-11-9-10-11)7-5-3-1-2-4-6-8-13(16)17/h11H,1-10H2,(H,14,15)(H,16,17). The van der Waals surface area contributed by atoms with Crippen molar-refractivity contribution < 1.29 is 14.7 Å². The third-order valence-corrected chi connectivity index (χ3v) is 2.99. The Morgan fingerprint density at radius 1 is 0.941 bits per heavy atom. The smallest absolute Gasteiger partial charge is 0.303 e. The molecule has 0 heterocycles. The molecule has 1 fully saturated rings. The van der Waals surface area contributed by atoms with Crippen LogP contribution in [0.5, 0.6) is 0 Å². The molecule has 0 atom stereocenters. The van der Waals surface area contributed by atoms with Gasteiger partial charge in [0.1, 0.15) is 0 Å². The number of carbonyl (C=O) groups is 2. The highest BCUT2D eigenvalue weighted by molar-refractivity contribution is 5.76. The second-order valence-corrected chi connectivity index (χ2v) is 4.86. The molecule has 1 aliphatic carbocycles. The number of carbonyl (C=O) groups excluding carboxylic acids is 1. The van der Waals surface area contributed by atoms with Crippen molar-refractivity contribution in [2.24, 2.45) is 0 Å². The summed E-state index contributed by atoms with van der Waals surface area (Å²) in [5.41, 5.74) is 0. The van der Waals surface area contributed by atoms with Gasteiger partial charge in [-0.1, -0.05) is 25.7 Å². The van der Waals surface area contributed by atoms with Gasteiger partial charge in [0.15, 0.2) is 0 Å². The number of hydrogen-bond acceptors (Lipinski definition) is 2. The largest absolute Gasteiger partial charge is 0.481 e. The molecule has 1 rings (SSSR count). The molecule has 17 heavy (non-hydrogen) atoms. The van der Waals surface area contributed by atoms with Gasteiger partial charge in [-0.15, -0.1) is 0 Å². The number of nitrogens with one attached hydrogen (secondary N) is 1. The molecule has 0 aliphatic heterocycles. The van der Waals surface area contributed by atoms with E-state index >= 15 is 0 Å². The average molecular weight is 241 g/mol. The number of aliphatic carboxylic acids is 1. The summed E-state index contributed by atoms with van der Waals surface area (Å²) in [6.07, 6.45) is 9.20. The first kappa shape index (κ1) is 14.0. The van der Waals surface area contributed by atoms with Crippen molar-refractivity contribution in [2.45, 2.75) is 70.3 Å². The number of carboxylic acid groups (broad SMARTS) is 1. The highest BCUT2D eigenvalue weighted by Crippen LogP contribution is 2.19. The van der Waals surface area contributed by atoms with Crippen LogP contribution in [0.25, 0.3) is 0 Å². The van der Waals surface area contributed by atoms with E-state index in [9.17, 15) is 9.59 Å². The lowest BCUT2D eigenvalue weighted by atomic mass is 10.1. The van der Waals surface area contributed by atoms with Crippen LogP contribution in [0.15, 0.2) is 0 Å². The maximum absolute atomic E-state index is 11.3. The Morgan fingerprint density at radius 2 is 1.47 bits per heavy atom. The zero-order valence-electron chi connectivity index (χ0n) is 10.4. The van der Waals surface area contributed by atoms with Gasteiger partial charge in [0.05, 0.1) is 0 Å². The topological polar surface area (TPSA) is 66.4 Å². The van der Waals surface area contributed by atoms with E-state index in [2.05, 4.69) is 5.32 Å². The quantitative estimate of drug-likeness (QED) is 0.577. The molecular weight excluding hydrogens is 218 g/mol. The molecule has 0 bridgehead atoms. The number of rotatable bonds is 10. The van der Waals surface area contributed by atoms with Gasteiger partial charge in [-0.25, -0.2) is 0 Å². The Labute approximate surface area is 103 Å². The van der Waals surface area contributed by atoms with E-state index < -0.39 is 5.97 Å². The lowest BCUT2D eigenvalue weighted by Crippen LogP contribution is -2.24. The molecule has 0 spiro atoms. The summed E-state index contributed by atoms with van der Waals surface area (Å²) in [4.78, 5) is 21.6. The second kappa shape index (κ2) is 8.09. The third kappa shape index (κ3) is 8.72. The van der Waals surface area contributed by atoms with Crippen molar-refractivity contribution in [2.75, 3.05) is 0 Å². The molecule has 1 saturated carbocycles. The van der Waals surface area contributed by atoms with Crippen LogP contribution in [0, 0.1) is 0 Å². The van der Waals surface area contributed by atoms with E-state index in [0.29, 0.717) is 12.5 Å². The normalized spacial score (nSPS) is 14.6. The van der Waals surface area contributed by atoms with Crippen molar-refractivity contribution >= 4 is 11.9 Å². The highest BCUT2D eigenvalue weighted by Gasteiger charge is 2.22. The molecule has 1 amide bonds. The lowest BCUT2D eigenvalue weighted by molar-refractivity contribution is -0.137. The van der Waals surface area contributed by atoms with E-state index in [1.807, 2.05) is 0 Å². The Hall–Kier alpha value is -1.06. The molecule has 4 heteroatoms. The van der Waals surface area contributed by atoms with Crippen LogP contribution in [-0.2, 0) is 9.59 Å². The van der Waals surface area contributed by atoms with Gasteiger partial charge in [-0.3, -0.25) is 9.59 Å². The number of carboxylic acids is 1. The molecule has 0 aromatic heterocycles. The fraction of sp³-hybridized carbons (Fsp3) is 0.846. The molecule has 0 aromatic carbocycles. The molecule has 0 saturated heterocycles. The molecule has 2 N–H and O–H groups in total. The van der Waals surface area contributed by atoms with Crippen molar-refractivity contribution in [3.63, 3.8) is 0 Å². The third-order valence-electron chi connectivity index (χ3n) is 2.99. The van der Waals surface area contributed by atoms with Crippen LogP contribution in [0.3, 0.4) is 0 Å². The summed E-state index contributed by atoms with van der Waals surface area (Å²) in [6, 6.07) is 0.471. The molecular formula is C13H23NO3. The van der Waals surface area contributed by atoms with Crippen molar-refractivity contribution in [1.82, 2.24) is 5.32 Å². The maximum atomic E-state index is 11.3. The molecule has 4 nitrogen and oxygen atoms in total. The summed E-state index contributed by atoms with van der Waals surface area (Å²) in [5.74, 6) is -0.514. The summed E-state index contributed by atoms with van der Waals surface area (Å²) in [5, 5.41) is 11.4. The Balaban J connectivity index is 1.77. The van der Waals surface area contributed by atoms with Gasteiger partial charge < -0.3 is 10.4 Å². The maximum Gasteiger partial charge on any atom is 0.303 e. The van der Waals surface area contributed by atoms with Crippen molar-refractivity contribution in [3.8, 4) is 0 Å². The molecule has 0 radical (unpaired) electrons. The van der Waals surface area contributed by atoms with E-state index in [1.165, 1.54) is 0 Å². The summed E-state index contributed by atoms with van der Waals surface area (Å²) >= 11 is 0. The second-order valence-electron chi connectivity index (χ2n) is 4.86. The Kier molecular flexibility index (Phi) is 6.67. The van der Waals surface area contributed by atoms with Crippen molar-refractivity contribution in [1.29, 1.82) is 0 Å². The van der Waals surface area contributed by atoms with Gasteiger partial charge in [0.2, 0.25) is 5.91 Å². The summed E-state index contributed by atoms with van der Waals surface area (Å²) in [7, 11) is 0. The number of unbranched alkanes of at least 4 members (excludes halogenated alkanes) is 5. The van der Waals surface area contributed by atoms with Gasteiger partial charge >= 0.3 is 5.97 Å². The Morgan fingerprint density at radius 3 is 2.00 bits per heavy atom. The Bertz CT molecular complexity index is 249. The first-order valence-electron chi connectivity index (χ1n) is 6.69. The minimum absolute atomic E-state index is 0.193. The van der Waals surface area contributed by atoms with Crippen LogP contribution in [0.4, 0.5) is 0 Å². The van der Waals surface area contributed by atoms with E-state index in [0.717, 1.165) is 51.4 Å². The average Bonchev–Trinajstić information content (AvgIpc) is 3.05. The van der Waals surface area contributed by atoms with Crippen LogP contribution in [-0.4, -0.2) is 23.0 Å². The zero-order chi connectivity index (χ0) is 12.5. The lowest BCUT2D eigenvalue weighted by Gasteiger charge is -2.03. The van der Waals surface area contributed by atoms with Gasteiger partial charge in [0, 0.05) is 18.9 Å². The summed E-state index contributed by atoms with van der Waals surface area (Å²) < 4.78 is 0. The van der Waals surface area contributed by atoms with Gasteiger partial charge in [0.25, 0.3) is 0 Å². The predicted octanol–water partition coefficient (Wildman–Crippen LogP) is 2.47. The minimum Gasteiger partial charge on any atom is -0.481 e. The van der Waals surface area contributed by atoms with Gasteiger partial charge in [-0.2, -0.15) is 0 Å². The van der Waals surface area contributed by atoms with Crippen LogP contribution < -0.4 is 5.32 Å². The van der Waals surface area contributed by atoms with Crippen LogP contribution >= 0.6 is 0 Å². The van der Waals surface area contributed by atoms with Gasteiger partial charge in [-0.05, 0) is 25.7 Å². The fourth-order valence-electron chi connectivity index (χ4n) is 1.80. The fourth-order valence-corrected chi connectivity index (χ4v) is 1.80.